The molecule has 0 aliphatic carbocycles. The molecule has 0 aliphatic heterocycles. The van der Waals surface area contributed by atoms with Crippen molar-refractivity contribution in [2.24, 2.45) is 0 Å². The molecular weight excluding hydrogens is 256 g/mol. The Hall–Kier alpha value is -0.650. The number of nitrogens with zero attached hydrogens (tertiary/aromatic N) is 1. The first kappa shape index (κ1) is 19.4. The minimum atomic E-state index is -0.706. The van der Waals surface area contributed by atoms with Gasteiger partial charge in [-0.2, -0.15) is 0 Å². The van der Waals surface area contributed by atoms with Gasteiger partial charge in [0.2, 0.25) is 0 Å². The molecule has 2 atom stereocenters. The van der Waals surface area contributed by atoms with E-state index in [1.54, 1.807) is 7.11 Å². The molecule has 20 heavy (non-hydrogen) atoms. The van der Waals surface area contributed by atoms with Crippen LogP contribution in [0.1, 0.15) is 41.5 Å². The highest BCUT2D eigenvalue weighted by Crippen LogP contribution is 2.13. The molecule has 0 rings (SSSR count). The van der Waals surface area contributed by atoms with Crippen molar-refractivity contribution < 1.29 is 14.3 Å². The third kappa shape index (κ3) is 6.20. The maximum atomic E-state index is 12.3. The van der Waals surface area contributed by atoms with Crippen LogP contribution in [0.15, 0.2) is 0 Å². The number of nitrogens with one attached hydrogen (secondary N) is 1. The summed E-state index contributed by atoms with van der Waals surface area (Å²) in [7, 11) is 1.70. The summed E-state index contributed by atoms with van der Waals surface area (Å²) < 4.78 is 10.4. The molecule has 5 heteroatoms. The van der Waals surface area contributed by atoms with E-state index in [0.29, 0.717) is 19.8 Å². The Labute approximate surface area is 124 Å². The zero-order valence-electron chi connectivity index (χ0n) is 14.2. The molecule has 0 aromatic heterocycles. The Kier molecular flexibility index (Phi) is 9.01. The summed E-state index contributed by atoms with van der Waals surface area (Å²) in [5.74, 6) is -0.197. The molecule has 0 aliphatic rings. The Morgan fingerprint density at radius 3 is 2.30 bits per heavy atom. The van der Waals surface area contributed by atoms with Crippen molar-refractivity contribution in [3.63, 3.8) is 0 Å². The van der Waals surface area contributed by atoms with Gasteiger partial charge in [-0.05, 0) is 41.2 Å². The molecular formula is C15H32N2O3. The van der Waals surface area contributed by atoms with E-state index in [1.165, 1.54) is 0 Å². The molecule has 120 valence electrons. The summed E-state index contributed by atoms with van der Waals surface area (Å²) in [4.78, 5) is 14.5. The second-order valence-corrected chi connectivity index (χ2v) is 5.72. The van der Waals surface area contributed by atoms with Crippen molar-refractivity contribution in [2.45, 2.75) is 59.2 Å². The summed E-state index contributed by atoms with van der Waals surface area (Å²) in [5.41, 5.74) is -0.706. The molecule has 0 spiro atoms. The van der Waals surface area contributed by atoms with Crippen LogP contribution in [-0.4, -0.2) is 61.9 Å². The zero-order valence-corrected chi connectivity index (χ0v) is 14.2. The first-order valence-electron chi connectivity index (χ1n) is 7.48. The van der Waals surface area contributed by atoms with Gasteiger partial charge >= 0.3 is 5.97 Å². The summed E-state index contributed by atoms with van der Waals surface area (Å²) >= 11 is 0. The standard InChI is InChI=1S/C15H32N2O3/c1-8-17(13(5)10-19-7)11-15(6,16-12(3)4)14(18)20-9-2/h12-13,16H,8-11H2,1-7H3. The smallest absolute Gasteiger partial charge is 0.327 e. The van der Waals surface area contributed by atoms with E-state index >= 15 is 0 Å². The normalized spacial score (nSPS) is 16.2. The van der Waals surface area contributed by atoms with Gasteiger partial charge in [-0.25, -0.2) is 0 Å². The second-order valence-electron chi connectivity index (χ2n) is 5.72. The van der Waals surface area contributed by atoms with Crippen molar-refractivity contribution in [3.8, 4) is 0 Å². The molecule has 2 unspecified atom stereocenters. The number of carbonyl (C=O) groups excluding carboxylic acids is 1. The fraction of sp³-hybridized carbons (Fsp3) is 0.933. The van der Waals surface area contributed by atoms with Crippen LogP contribution in [0.25, 0.3) is 0 Å². The monoisotopic (exact) mass is 288 g/mol. The molecule has 0 aromatic rings. The average molecular weight is 288 g/mol. The minimum absolute atomic E-state index is 0.197. The van der Waals surface area contributed by atoms with E-state index in [2.05, 4.69) is 24.1 Å². The molecule has 0 fully saturated rings. The summed E-state index contributed by atoms with van der Waals surface area (Å²) in [6.45, 7) is 14.5. The molecule has 0 aromatic carbocycles. The number of likely N-dealkylation sites (N-methyl/N-ethyl adjacent to an activating group) is 1. The number of rotatable bonds is 10. The lowest BCUT2D eigenvalue weighted by Crippen LogP contribution is -2.60. The highest BCUT2D eigenvalue weighted by molar-refractivity contribution is 5.80. The van der Waals surface area contributed by atoms with Crippen LogP contribution in [0.5, 0.6) is 0 Å². The minimum Gasteiger partial charge on any atom is -0.465 e. The maximum Gasteiger partial charge on any atom is 0.327 e. The lowest BCUT2D eigenvalue weighted by atomic mass is 9.99. The molecule has 0 bridgehead atoms. The number of carbonyl (C=O) groups is 1. The summed E-state index contributed by atoms with van der Waals surface area (Å²) in [5, 5.41) is 3.35. The van der Waals surface area contributed by atoms with Gasteiger partial charge in [-0.15, -0.1) is 0 Å². The second kappa shape index (κ2) is 9.32. The Bertz CT molecular complexity index is 284. The maximum absolute atomic E-state index is 12.3. The van der Waals surface area contributed by atoms with Crippen molar-refractivity contribution in [1.29, 1.82) is 0 Å². The first-order valence-corrected chi connectivity index (χ1v) is 7.48. The lowest BCUT2D eigenvalue weighted by molar-refractivity contribution is -0.152. The van der Waals surface area contributed by atoms with Gasteiger partial charge in [0.15, 0.2) is 0 Å². The van der Waals surface area contributed by atoms with E-state index in [0.717, 1.165) is 6.54 Å². The van der Waals surface area contributed by atoms with E-state index in [1.807, 2.05) is 27.7 Å². The Balaban J connectivity index is 4.97. The van der Waals surface area contributed by atoms with Gasteiger partial charge in [-0.3, -0.25) is 15.0 Å². The number of hydrogen-bond donors (Lipinski definition) is 1. The van der Waals surface area contributed by atoms with Crippen LogP contribution in [0.2, 0.25) is 0 Å². The van der Waals surface area contributed by atoms with E-state index < -0.39 is 5.54 Å². The molecule has 0 radical (unpaired) electrons. The number of hydrogen-bond acceptors (Lipinski definition) is 5. The van der Waals surface area contributed by atoms with Crippen molar-refractivity contribution in [3.05, 3.63) is 0 Å². The predicted molar refractivity (Wildman–Crippen MR) is 81.9 cm³/mol. The zero-order chi connectivity index (χ0) is 15.8. The molecule has 5 nitrogen and oxygen atoms in total. The number of esters is 1. The third-order valence-corrected chi connectivity index (χ3v) is 3.29. The van der Waals surface area contributed by atoms with Gasteiger partial charge in [0.25, 0.3) is 0 Å². The third-order valence-electron chi connectivity index (χ3n) is 3.29. The van der Waals surface area contributed by atoms with Crippen molar-refractivity contribution in [1.82, 2.24) is 10.2 Å². The molecule has 0 saturated heterocycles. The fourth-order valence-electron chi connectivity index (χ4n) is 2.43. The average Bonchev–Trinajstić information content (AvgIpc) is 2.35. The number of methoxy groups -OCH3 is 1. The number of ether oxygens (including phenoxy) is 2. The quantitative estimate of drug-likeness (QED) is 0.620. The van der Waals surface area contributed by atoms with Crippen LogP contribution >= 0.6 is 0 Å². The Morgan fingerprint density at radius 1 is 1.30 bits per heavy atom. The van der Waals surface area contributed by atoms with Gasteiger partial charge in [0, 0.05) is 25.7 Å². The fourth-order valence-corrected chi connectivity index (χ4v) is 2.43. The van der Waals surface area contributed by atoms with Crippen LogP contribution in [0.4, 0.5) is 0 Å². The highest BCUT2D eigenvalue weighted by Gasteiger charge is 2.37. The lowest BCUT2D eigenvalue weighted by Gasteiger charge is -2.37. The predicted octanol–water partition coefficient (Wildman–Crippen LogP) is 1.66. The van der Waals surface area contributed by atoms with Gasteiger partial charge in [-0.1, -0.05) is 6.92 Å². The Morgan fingerprint density at radius 2 is 1.90 bits per heavy atom. The van der Waals surface area contributed by atoms with E-state index in [-0.39, 0.29) is 18.1 Å². The van der Waals surface area contributed by atoms with E-state index in [4.69, 9.17) is 9.47 Å². The van der Waals surface area contributed by atoms with Crippen LogP contribution in [0.3, 0.4) is 0 Å². The van der Waals surface area contributed by atoms with Crippen LogP contribution in [-0.2, 0) is 14.3 Å². The topological polar surface area (TPSA) is 50.8 Å². The van der Waals surface area contributed by atoms with E-state index in [9.17, 15) is 4.79 Å². The summed E-state index contributed by atoms with van der Waals surface area (Å²) in [6.07, 6.45) is 0. The first-order chi connectivity index (χ1) is 9.30. The molecule has 1 N–H and O–H groups in total. The molecule has 0 heterocycles. The highest BCUT2D eigenvalue weighted by atomic mass is 16.5. The van der Waals surface area contributed by atoms with Crippen LogP contribution in [0, 0.1) is 0 Å². The SMILES string of the molecule is CCOC(=O)C(C)(CN(CC)C(C)COC)NC(C)C. The van der Waals surface area contributed by atoms with Crippen molar-refractivity contribution >= 4 is 5.97 Å². The van der Waals surface area contributed by atoms with Gasteiger partial charge in [0.1, 0.15) is 5.54 Å². The van der Waals surface area contributed by atoms with Crippen molar-refractivity contribution in [2.75, 3.05) is 33.4 Å². The summed E-state index contributed by atoms with van der Waals surface area (Å²) in [6, 6.07) is 0.466. The molecule has 0 saturated carbocycles. The molecule has 0 amide bonds. The largest absolute Gasteiger partial charge is 0.465 e. The van der Waals surface area contributed by atoms with Gasteiger partial charge < -0.3 is 9.47 Å². The van der Waals surface area contributed by atoms with Gasteiger partial charge in [0.05, 0.1) is 13.2 Å². The van der Waals surface area contributed by atoms with Crippen LogP contribution < -0.4 is 5.32 Å².